The first kappa shape index (κ1) is 10.2. The summed E-state index contributed by atoms with van der Waals surface area (Å²) < 4.78 is 5.81. The highest BCUT2D eigenvalue weighted by molar-refractivity contribution is 5.94. The summed E-state index contributed by atoms with van der Waals surface area (Å²) in [6.45, 7) is 1.58. The number of ether oxygens (including phenoxy) is 1. The van der Waals surface area contributed by atoms with Crippen molar-refractivity contribution < 1.29 is 9.53 Å². The summed E-state index contributed by atoms with van der Waals surface area (Å²) in [5.41, 5.74) is 0.727. The van der Waals surface area contributed by atoms with Gasteiger partial charge in [0.2, 0.25) is 0 Å². The van der Waals surface area contributed by atoms with Crippen molar-refractivity contribution in [3.8, 4) is 5.75 Å². The van der Waals surface area contributed by atoms with Gasteiger partial charge in [0.25, 0.3) is 0 Å². The first-order valence-electron chi connectivity index (χ1n) is 5.53. The number of ketones is 1. The van der Waals surface area contributed by atoms with Crippen LogP contribution in [0.1, 0.15) is 43.0 Å². The fourth-order valence-corrected chi connectivity index (χ4v) is 1.99. The molecule has 1 aliphatic rings. The quantitative estimate of drug-likeness (QED) is 0.707. The lowest BCUT2D eigenvalue weighted by molar-refractivity contribution is 0.101. The summed E-state index contributed by atoms with van der Waals surface area (Å²) in [7, 11) is 0. The van der Waals surface area contributed by atoms with Crippen LogP contribution in [0.3, 0.4) is 0 Å². The van der Waals surface area contributed by atoms with Crippen LogP contribution in [0.4, 0.5) is 0 Å². The number of carbonyl (C=O) groups excluding carboxylic acids is 1. The molecule has 0 unspecified atom stereocenters. The molecule has 80 valence electrons. The van der Waals surface area contributed by atoms with E-state index >= 15 is 0 Å². The van der Waals surface area contributed by atoms with E-state index in [2.05, 4.69) is 0 Å². The molecule has 15 heavy (non-hydrogen) atoms. The van der Waals surface area contributed by atoms with Gasteiger partial charge in [-0.05, 0) is 44.7 Å². The predicted octanol–water partition coefficient (Wildman–Crippen LogP) is 3.21. The molecule has 1 aromatic carbocycles. The van der Waals surface area contributed by atoms with Crippen molar-refractivity contribution in [2.24, 2.45) is 0 Å². The lowest BCUT2D eigenvalue weighted by atomic mass is 10.1. The largest absolute Gasteiger partial charge is 0.490 e. The zero-order chi connectivity index (χ0) is 10.7. The third kappa shape index (κ3) is 2.58. The molecule has 0 N–H and O–H groups in total. The summed E-state index contributed by atoms with van der Waals surface area (Å²) in [6.07, 6.45) is 5.16. The zero-order valence-electron chi connectivity index (χ0n) is 9.03. The highest BCUT2D eigenvalue weighted by Crippen LogP contribution is 2.24. The highest BCUT2D eigenvalue weighted by atomic mass is 16.5. The van der Waals surface area contributed by atoms with Crippen LogP contribution in [0.25, 0.3) is 0 Å². The number of carbonyl (C=O) groups is 1. The second kappa shape index (κ2) is 4.47. The Morgan fingerprint density at radius 1 is 1.33 bits per heavy atom. The van der Waals surface area contributed by atoms with Crippen LogP contribution in [0.5, 0.6) is 5.75 Å². The zero-order valence-corrected chi connectivity index (χ0v) is 9.03. The van der Waals surface area contributed by atoms with Gasteiger partial charge in [-0.2, -0.15) is 0 Å². The van der Waals surface area contributed by atoms with Gasteiger partial charge in [-0.3, -0.25) is 4.79 Å². The SMILES string of the molecule is CC(=O)c1cccc(OC2CCCC2)c1. The summed E-state index contributed by atoms with van der Waals surface area (Å²) in [4.78, 5) is 11.2. The molecule has 1 saturated carbocycles. The van der Waals surface area contributed by atoms with Crippen LogP contribution >= 0.6 is 0 Å². The molecule has 1 fully saturated rings. The van der Waals surface area contributed by atoms with E-state index in [4.69, 9.17) is 4.74 Å². The maximum Gasteiger partial charge on any atom is 0.159 e. The molecule has 2 heteroatoms. The Morgan fingerprint density at radius 2 is 2.07 bits per heavy atom. The fourth-order valence-electron chi connectivity index (χ4n) is 1.99. The highest BCUT2D eigenvalue weighted by Gasteiger charge is 2.16. The Bertz CT molecular complexity index is 351. The average Bonchev–Trinajstić information content (AvgIpc) is 2.71. The van der Waals surface area contributed by atoms with E-state index in [1.54, 1.807) is 6.92 Å². The minimum Gasteiger partial charge on any atom is -0.490 e. The normalized spacial score (nSPS) is 16.6. The molecule has 1 aliphatic carbocycles. The van der Waals surface area contributed by atoms with Gasteiger partial charge in [-0.25, -0.2) is 0 Å². The van der Waals surface area contributed by atoms with Gasteiger partial charge < -0.3 is 4.74 Å². The van der Waals surface area contributed by atoms with Crippen LogP contribution in [0, 0.1) is 0 Å². The maximum absolute atomic E-state index is 11.2. The Hall–Kier alpha value is -1.31. The van der Waals surface area contributed by atoms with Crippen molar-refractivity contribution in [2.45, 2.75) is 38.7 Å². The number of benzene rings is 1. The molecule has 0 radical (unpaired) electrons. The van der Waals surface area contributed by atoms with E-state index in [-0.39, 0.29) is 5.78 Å². The van der Waals surface area contributed by atoms with Crippen LogP contribution < -0.4 is 4.74 Å². The van der Waals surface area contributed by atoms with E-state index in [9.17, 15) is 4.79 Å². The molecule has 0 saturated heterocycles. The van der Waals surface area contributed by atoms with E-state index in [0.29, 0.717) is 6.10 Å². The predicted molar refractivity (Wildman–Crippen MR) is 59.3 cm³/mol. The molecule has 0 bridgehead atoms. The molecular weight excluding hydrogens is 188 g/mol. The van der Waals surface area contributed by atoms with E-state index in [1.807, 2.05) is 24.3 Å². The number of hydrogen-bond donors (Lipinski definition) is 0. The van der Waals surface area contributed by atoms with Gasteiger partial charge >= 0.3 is 0 Å². The van der Waals surface area contributed by atoms with Crippen LogP contribution in [-0.4, -0.2) is 11.9 Å². The topological polar surface area (TPSA) is 26.3 Å². The molecule has 0 aromatic heterocycles. The number of rotatable bonds is 3. The van der Waals surface area contributed by atoms with Crippen LogP contribution in [0.15, 0.2) is 24.3 Å². The Kier molecular flexibility index (Phi) is 3.05. The van der Waals surface area contributed by atoms with E-state index in [0.717, 1.165) is 24.2 Å². The van der Waals surface area contributed by atoms with E-state index in [1.165, 1.54) is 12.8 Å². The number of Topliss-reactive ketones (excluding diaryl/α,β-unsaturated/α-hetero) is 1. The first-order chi connectivity index (χ1) is 7.25. The lowest BCUT2D eigenvalue weighted by Gasteiger charge is -2.13. The minimum atomic E-state index is 0.0897. The van der Waals surface area contributed by atoms with Crippen molar-refractivity contribution in [3.05, 3.63) is 29.8 Å². The van der Waals surface area contributed by atoms with Gasteiger partial charge in [0, 0.05) is 5.56 Å². The molecule has 1 aromatic rings. The Morgan fingerprint density at radius 3 is 2.73 bits per heavy atom. The number of hydrogen-bond acceptors (Lipinski definition) is 2. The molecule has 2 nitrogen and oxygen atoms in total. The van der Waals surface area contributed by atoms with Crippen molar-refractivity contribution in [3.63, 3.8) is 0 Å². The standard InChI is InChI=1S/C13H16O2/c1-10(14)11-5-4-8-13(9-11)15-12-6-2-3-7-12/h4-5,8-9,12H,2-3,6-7H2,1H3. The molecule has 2 rings (SSSR count). The van der Waals surface area contributed by atoms with Crippen LogP contribution in [0.2, 0.25) is 0 Å². The molecule has 0 atom stereocenters. The third-order valence-corrected chi connectivity index (χ3v) is 2.85. The van der Waals surface area contributed by atoms with Crippen molar-refractivity contribution in [2.75, 3.05) is 0 Å². The van der Waals surface area contributed by atoms with Crippen molar-refractivity contribution in [1.82, 2.24) is 0 Å². The smallest absolute Gasteiger partial charge is 0.159 e. The fraction of sp³-hybridized carbons (Fsp3) is 0.462. The van der Waals surface area contributed by atoms with Crippen molar-refractivity contribution >= 4 is 5.78 Å². The van der Waals surface area contributed by atoms with E-state index < -0.39 is 0 Å². The second-order valence-corrected chi connectivity index (χ2v) is 4.11. The van der Waals surface area contributed by atoms with Crippen molar-refractivity contribution in [1.29, 1.82) is 0 Å². The first-order valence-corrected chi connectivity index (χ1v) is 5.53. The lowest BCUT2D eigenvalue weighted by Crippen LogP contribution is -2.11. The van der Waals surface area contributed by atoms with Crippen LogP contribution in [-0.2, 0) is 0 Å². The summed E-state index contributed by atoms with van der Waals surface area (Å²) in [5, 5.41) is 0. The van der Waals surface area contributed by atoms with Gasteiger partial charge in [0.1, 0.15) is 5.75 Å². The second-order valence-electron chi connectivity index (χ2n) is 4.11. The summed E-state index contributed by atoms with van der Waals surface area (Å²) >= 11 is 0. The molecule has 0 heterocycles. The monoisotopic (exact) mass is 204 g/mol. The minimum absolute atomic E-state index is 0.0897. The molecular formula is C13H16O2. The summed E-state index contributed by atoms with van der Waals surface area (Å²) in [6, 6.07) is 7.45. The molecule has 0 aliphatic heterocycles. The van der Waals surface area contributed by atoms with Gasteiger partial charge in [0.05, 0.1) is 6.10 Å². The Labute approximate surface area is 90.3 Å². The average molecular weight is 204 g/mol. The Balaban J connectivity index is 2.07. The van der Waals surface area contributed by atoms with Gasteiger partial charge in [0.15, 0.2) is 5.78 Å². The molecule has 0 spiro atoms. The summed E-state index contributed by atoms with van der Waals surface area (Å²) in [5.74, 6) is 0.918. The maximum atomic E-state index is 11.2. The van der Waals surface area contributed by atoms with Gasteiger partial charge in [-0.1, -0.05) is 12.1 Å². The molecule has 0 amide bonds. The third-order valence-electron chi connectivity index (χ3n) is 2.85. The van der Waals surface area contributed by atoms with Gasteiger partial charge in [-0.15, -0.1) is 0 Å².